The lowest BCUT2D eigenvalue weighted by atomic mass is 10.1. The first-order valence-electron chi connectivity index (χ1n) is 7.14. The number of aryl methyl sites for hydroxylation is 1. The van der Waals surface area contributed by atoms with Crippen molar-refractivity contribution < 1.29 is 14.7 Å². The van der Waals surface area contributed by atoms with E-state index in [1.807, 2.05) is 31.2 Å². The molecule has 0 aromatic heterocycles. The van der Waals surface area contributed by atoms with E-state index in [2.05, 4.69) is 10.2 Å². The zero-order chi connectivity index (χ0) is 15.8. The van der Waals surface area contributed by atoms with Gasteiger partial charge in [-0.05, 0) is 18.1 Å². The van der Waals surface area contributed by atoms with E-state index in [9.17, 15) is 9.59 Å². The predicted molar refractivity (Wildman–Crippen MR) is 81.9 cm³/mol. The Balaban J connectivity index is 2.68. The average Bonchev–Trinajstić information content (AvgIpc) is 2.40. The van der Waals surface area contributed by atoms with Gasteiger partial charge >= 0.3 is 5.97 Å². The lowest BCUT2D eigenvalue weighted by Gasteiger charge is -2.25. The molecule has 5 nitrogen and oxygen atoms in total. The molecule has 1 atom stereocenters. The van der Waals surface area contributed by atoms with Gasteiger partial charge in [0.2, 0.25) is 5.91 Å². The third-order valence-electron chi connectivity index (χ3n) is 3.41. The molecule has 21 heavy (non-hydrogen) atoms. The molecule has 2 N–H and O–H groups in total. The minimum absolute atomic E-state index is 0.0721. The summed E-state index contributed by atoms with van der Waals surface area (Å²) in [4.78, 5) is 24.1. The van der Waals surface area contributed by atoms with Gasteiger partial charge in [-0.1, -0.05) is 31.2 Å². The van der Waals surface area contributed by atoms with Crippen LogP contribution in [0.5, 0.6) is 0 Å². The van der Waals surface area contributed by atoms with Crippen LogP contribution in [0.25, 0.3) is 0 Å². The van der Waals surface area contributed by atoms with Gasteiger partial charge in [-0.3, -0.25) is 14.5 Å². The highest BCUT2D eigenvalue weighted by molar-refractivity contribution is 5.72. The third-order valence-corrected chi connectivity index (χ3v) is 3.41. The van der Waals surface area contributed by atoms with Crippen LogP contribution in [0.15, 0.2) is 24.3 Å². The number of rotatable bonds is 8. The number of carboxylic acids is 1. The highest BCUT2D eigenvalue weighted by Gasteiger charge is 2.16. The van der Waals surface area contributed by atoms with E-state index in [0.29, 0.717) is 26.2 Å². The fourth-order valence-corrected chi connectivity index (χ4v) is 2.12. The zero-order valence-electron chi connectivity index (χ0n) is 12.9. The number of aliphatic carboxylic acids is 1. The molecule has 1 amide bonds. The number of benzene rings is 1. The Morgan fingerprint density at radius 1 is 1.33 bits per heavy atom. The number of carboxylic acid groups (broad SMARTS) is 1. The number of nitrogens with zero attached hydrogens (tertiary/aromatic N) is 1. The zero-order valence-corrected chi connectivity index (χ0v) is 12.9. The highest BCUT2D eigenvalue weighted by Crippen LogP contribution is 2.12. The molecule has 1 unspecified atom stereocenters. The van der Waals surface area contributed by atoms with E-state index < -0.39 is 11.9 Å². The van der Waals surface area contributed by atoms with Gasteiger partial charge in [-0.2, -0.15) is 0 Å². The number of carbonyl (C=O) groups excluding carboxylic acids is 1. The van der Waals surface area contributed by atoms with Crippen LogP contribution in [-0.4, -0.2) is 41.5 Å². The molecule has 0 saturated carbocycles. The van der Waals surface area contributed by atoms with E-state index in [4.69, 9.17) is 5.11 Å². The Hall–Kier alpha value is -1.88. The van der Waals surface area contributed by atoms with Crippen molar-refractivity contribution in [2.24, 2.45) is 5.92 Å². The second-order valence-corrected chi connectivity index (χ2v) is 5.38. The smallest absolute Gasteiger partial charge is 0.307 e. The Morgan fingerprint density at radius 3 is 2.57 bits per heavy atom. The number of amides is 1. The Morgan fingerprint density at radius 2 is 2.00 bits per heavy atom. The highest BCUT2D eigenvalue weighted by atomic mass is 16.4. The van der Waals surface area contributed by atoms with E-state index in [1.54, 1.807) is 6.92 Å². The first-order chi connectivity index (χ1) is 9.90. The minimum atomic E-state index is -0.802. The molecule has 1 rings (SSSR count). The summed E-state index contributed by atoms with van der Waals surface area (Å²) in [5.41, 5.74) is 2.36. The molecular weight excluding hydrogens is 268 g/mol. The molecule has 0 aliphatic rings. The molecule has 0 bridgehead atoms. The van der Waals surface area contributed by atoms with E-state index in [1.165, 1.54) is 18.1 Å². The first kappa shape index (κ1) is 17.2. The average molecular weight is 292 g/mol. The van der Waals surface area contributed by atoms with Crippen molar-refractivity contribution >= 4 is 11.9 Å². The third kappa shape index (κ3) is 6.40. The number of hydrogen-bond donors (Lipinski definition) is 2. The van der Waals surface area contributed by atoms with Crippen molar-refractivity contribution in [3.05, 3.63) is 35.4 Å². The van der Waals surface area contributed by atoms with Crippen molar-refractivity contribution in [3.63, 3.8) is 0 Å². The maximum atomic E-state index is 11.0. The lowest BCUT2D eigenvalue weighted by molar-refractivity contribution is -0.141. The van der Waals surface area contributed by atoms with Gasteiger partial charge in [0, 0.05) is 33.1 Å². The van der Waals surface area contributed by atoms with Gasteiger partial charge in [-0.25, -0.2) is 0 Å². The molecule has 116 valence electrons. The molecule has 0 saturated heterocycles. The van der Waals surface area contributed by atoms with Gasteiger partial charge < -0.3 is 10.4 Å². The summed E-state index contributed by atoms with van der Waals surface area (Å²) in [6.07, 6.45) is 0. The number of hydrogen-bond acceptors (Lipinski definition) is 3. The summed E-state index contributed by atoms with van der Waals surface area (Å²) in [5.74, 6) is -1.31. The normalized spacial score (nSPS) is 12.2. The summed E-state index contributed by atoms with van der Waals surface area (Å²) >= 11 is 0. The molecule has 0 heterocycles. The molecule has 0 fully saturated rings. The van der Waals surface area contributed by atoms with Crippen molar-refractivity contribution in [1.29, 1.82) is 0 Å². The SMILES string of the molecule is CC(=O)NCCN(Cc1ccccc1C)CC(C)C(=O)O. The fraction of sp³-hybridized carbons (Fsp3) is 0.500. The maximum absolute atomic E-state index is 11.0. The Labute approximate surface area is 126 Å². The van der Waals surface area contributed by atoms with Crippen molar-refractivity contribution in [2.45, 2.75) is 27.3 Å². The quantitative estimate of drug-likeness (QED) is 0.764. The largest absolute Gasteiger partial charge is 0.481 e. The number of carbonyl (C=O) groups is 2. The second-order valence-electron chi connectivity index (χ2n) is 5.38. The first-order valence-corrected chi connectivity index (χ1v) is 7.14. The molecule has 5 heteroatoms. The summed E-state index contributed by atoms with van der Waals surface area (Å²) in [7, 11) is 0. The van der Waals surface area contributed by atoms with Crippen LogP contribution in [0.2, 0.25) is 0 Å². The maximum Gasteiger partial charge on any atom is 0.307 e. The molecular formula is C16H24N2O3. The van der Waals surface area contributed by atoms with E-state index in [-0.39, 0.29) is 5.91 Å². The summed E-state index contributed by atoms with van der Waals surface area (Å²) in [6.45, 7) is 7.52. The fourth-order valence-electron chi connectivity index (χ4n) is 2.12. The van der Waals surface area contributed by atoms with Crippen LogP contribution in [0, 0.1) is 12.8 Å². The Kier molecular flexibility index (Phi) is 6.88. The predicted octanol–water partition coefficient (Wildman–Crippen LogP) is 1.65. The van der Waals surface area contributed by atoms with Crippen molar-refractivity contribution in [3.8, 4) is 0 Å². The topological polar surface area (TPSA) is 69.6 Å². The monoisotopic (exact) mass is 292 g/mol. The molecule has 0 spiro atoms. The minimum Gasteiger partial charge on any atom is -0.481 e. The summed E-state index contributed by atoms with van der Waals surface area (Å²) < 4.78 is 0. The molecule has 1 aromatic rings. The van der Waals surface area contributed by atoms with Crippen LogP contribution in [0.1, 0.15) is 25.0 Å². The van der Waals surface area contributed by atoms with Crippen LogP contribution < -0.4 is 5.32 Å². The van der Waals surface area contributed by atoms with Crippen LogP contribution in [0.4, 0.5) is 0 Å². The van der Waals surface area contributed by atoms with Gasteiger partial charge in [0.15, 0.2) is 0 Å². The lowest BCUT2D eigenvalue weighted by Crippen LogP contribution is -2.37. The van der Waals surface area contributed by atoms with Crippen LogP contribution in [-0.2, 0) is 16.1 Å². The van der Waals surface area contributed by atoms with Crippen molar-refractivity contribution in [1.82, 2.24) is 10.2 Å². The Bertz CT molecular complexity index is 488. The molecule has 0 aliphatic carbocycles. The molecule has 0 aliphatic heterocycles. The van der Waals surface area contributed by atoms with E-state index >= 15 is 0 Å². The standard InChI is InChI=1S/C16H24N2O3/c1-12-6-4-5-7-15(12)11-18(9-8-17-14(3)19)10-13(2)16(20)21/h4-7,13H,8-11H2,1-3H3,(H,17,19)(H,20,21). The molecule has 1 aromatic carbocycles. The van der Waals surface area contributed by atoms with Crippen LogP contribution in [0.3, 0.4) is 0 Å². The van der Waals surface area contributed by atoms with Gasteiger partial charge in [-0.15, -0.1) is 0 Å². The summed E-state index contributed by atoms with van der Waals surface area (Å²) in [6, 6.07) is 8.06. The van der Waals surface area contributed by atoms with Crippen LogP contribution >= 0.6 is 0 Å². The number of nitrogens with one attached hydrogen (secondary N) is 1. The van der Waals surface area contributed by atoms with Gasteiger partial charge in [0.25, 0.3) is 0 Å². The van der Waals surface area contributed by atoms with Gasteiger partial charge in [0.1, 0.15) is 0 Å². The molecule has 0 radical (unpaired) electrons. The van der Waals surface area contributed by atoms with Crippen molar-refractivity contribution in [2.75, 3.05) is 19.6 Å². The van der Waals surface area contributed by atoms with E-state index in [0.717, 1.165) is 0 Å². The summed E-state index contributed by atoms with van der Waals surface area (Å²) in [5, 5.41) is 11.8. The van der Waals surface area contributed by atoms with Gasteiger partial charge in [0.05, 0.1) is 5.92 Å². The second kappa shape index (κ2) is 8.42.